The molecule has 3 heterocycles. The summed E-state index contributed by atoms with van der Waals surface area (Å²) in [6, 6.07) is 18.2. The van der Waals surface area contributed by atoms with Crippen LogP contribution in [-0.2, 0) is 0 Å². The predicted molar refractivity (Wildman–Crippen MR) is 103 cm³/mol. The van der Waals surface area contributed by atoms with E-state index in [1.807, 2.05) is 42.5 Å². The van der Waals surface area contributed by atoms with Crippen LogP contribution >= 0.6 is 0 Å². The first-order valence-electron chi connectivity index (χ1n) is 8.68. The Labute approximate surface area is 163 Å². The van der Waals surface area contributed by atoms with Gasteiger partial charge in [-0.3, -0.25) is 4.79 Å². The van der Waals surface area contributed by atoms with Gasteiger partial charge in [-0.2, -0.15) is 9.61 Å². The molecule has 5 aromatic rings. The van der Waals surface area contributed by atoms with Gasteiger partial charge in [0.1, 0.15) is 12.7 Å². The minimum atomic E-state index is -0.237. The third-order valence-electron chi connectivity index (χ3n) is 4.30. The zero-order valence-electron chi connectivity index (χ0n) is 14.9. The molecule has 0 atom stereocenters. The van der Waals surface area contributed by atoms with Gasteiger partial charge in [0.15, 0.2) is 5.65 Å². The summed E-state index contributed by atoms with van der Waals surface area (Å²) in [6.07, 6.45) is 3.02. The average Bonchev–Trinajstić information content (AvgIpc) is 3.45. The fourth-order valence-corrected chi connectivity index (χ4v) is 2.91. The lowest BCUT2D eigenvalue weighted by atomic mass is 10.1. The van der Waals surface area contributed by atoms with Crippen molar-refractivity contribution < 1.29 is 4.79 Å². The van der Waals surface area contributed by atoms with E-state index in [1.54, 1.807) is 29.0 Å². The van der Waals surface area contributed by atoms with Crippen molar-refractivity contribution in [3.05, 3.63) is 78.9 Å². The lowest BCUT2D eigenvalue weighted by Gasteiger charge is -2.08. The maximum atomic E-state index is 12.7. The van der Waals surface area contributed by atoms with Crippen LogP contribution in [0, 0.1) is 0 Å². The van der Waals surface area contributed by atoms with Crippen LogP contribution in [0.2, 0.25) is 0 Å². The molecule has 0 radical (unpaired) electrons. The molecule has 0 bridgehead atoms. The molecular weight excluding hydrogens is 370 g/mol. The molecule has 0 fully saturated rings. The number of benzene rings is 2. The van der Waals surface area contributed by atoms with E-state index in [0.29, 0.717) is 22.6 Å². The Morgan fingerprint density at radius 2 is 1.86 bits per heavy atom. The highest BCUT2D eigenvalue weighted by Gasteiger charge is 2.10. The monoisotopic (exact) mass is 383 g/mol. The number of hydrogen-bond donors (Lipinski definition) is 1. The van der Waals surface area contributed by atoms with Crippen LogP contribution in [0.15, 0.2) is 73.3 Å². The van der Waals surface area contributed by atoms with E-state index in [1.165, 1.54) is 11.0 Å². The smallest absolute Gasteiger partial charge is 0.255 e. The molecule has 5 rings (SSSR count). The third kappa shape index (κ3) is 3.30. The molecule has 1 amide bonds. The summed E-state index contributed by atoms with van der Waals surface area (Å²) >= 11 is 0. The van der Waals surface area contributed by atoms with Crippen LogP contribution in [0.25, 0.3) is 22.6 Å². The van der Waals surface area contributed by atoms with Crippen LogP contribution < -0.4 is 5.32 Å². The number of nitrogens with one attached hydrogen (secondary N) is 1. The van der Waals surface area contributed by atoms with Gasteiger partial charge in [-0.25, -0.2) is 4.68 Å². The summed E-state index contributed by atoms with van der Waals surface area (Å²) in [6.45, 7) is 0. The highest BCUT2D eigenvalue weighted by molar-refractivity contribution is 6.04. The van der Waals surface area contributed by atoms with Gasteiger partial charge in [0.2, 0.25) is 0 Å². The van der Waals surface area contributed by atoms with Gasteiger partial charge >= 0.3 is 0 Å². The second-order valence-electron chi connectivity index (χ2n) is 6.19. The van der Waals surface area contributed by atoms with E-state index >= 15 is 0 Å². The third-order valence-corrected chi connectivity index (χ3v) is 4.30. The highest BCUT2D eigenvalue weighted by atomic mass is 16.1. The van der Waals surface area contributed by atoms with Crippen molar-refractivity contribution >= 4 is 17.2 Å². The van der Waals surface area contributed by atoms with E-state index in [9.17, 15) is 4.79 Å². The SMILES string of the molecule is O=C(Nc1cccc(-c2ccc3nncn3n2)c1)c1cccc(-n2cnnn2)c1. The maximum Gasteiger partial charge on any atom is 0.255 e. The Bertz CT molecular complexity index is 1310. The fourth-order valence-electron chi connectivity index (χ4n) is 2.91. The Hall–Kier alpha value is -4.47. The fraction of sp³-hybridized carbons (Fsp3) is 0. The van der Waals surface area contributed by atoms with Gasteiger partial charge in [-0.05, 0) is 52.9 Å². The number of carbonyl (C=O) groups is 1. The number of carbonyl (C=O) groups excluding carboxylic acids is 1. The van der Waals surface area contributed by atoms with Crippen LogP contribution in [0.5, 0.6) is 0 Å². The van der Waals surface area contributed by atoms with Gasteiger partial charge in [0, 0.05) is 16.8 Å². The van der Waals surface area contributed by atoms with Gasteiger partial charge in [-0.15, -0.1) is 15.3 Å². The van der Waals surface area contributed by atoms with Gasteiger partial charge in [0.05, 0.1) is 11.4 Å². The molecule has 0 aliphatic heterocycles. The lowest BCUT2D eigenvalue weighted by molar-refractivity contribution is 0.102. The highest BCUT2D eigenvalue weighted by Crippen LogP contribution is 2.21. The number of fused-ring (bicyclic) bond motifs is 1. The molecule has 10 heteroatoms. The standard InChI is InChI=1S/C19H13N9O/c29-19(14-4-2-6-16(10-14)27-12-21-25-26-27)22-15-5-1-3-13(9-15)17-7-8-18-23-20-11-28(18)24-17/h1-12H,(H,22,29). The first-order valence-corrected chi connectivity index (χ1v) is 8.68. The number of amides is 1. The van der Waals surface area contributed by atoms with Crippen LogP contribution in [0.4, 0.5) is 5.69 Å². The van der Waals surface area contributed by atoms with Gasteiger partial charge < -0.3 is 5.32 Å². The summed E-state index contributed by atoms with van der Waals surface area (Å²) in [5.41, 5.74) is 4.12. The number of hydrogen-bond acceptors (Lipinski definition) is 7. The second-order valence-corrected chi connectivity index (χ2v) is 6.19. The molecule has 29 heavy (non-hydrogen) atoms. The van der Waals surface area contributed by atoms with Crippen molar-refractivity contribution in [1.29, 1.82) is 0 Å². The largest absolute Gasteiger partial charge is 0.322 e. The summed E-state index contributed by atoms with van der Waals surface area (Å²) in [4.78, 5) is 12.7. The van der Waals surface area contributed by atoms with E-state index in [2.05, 4.69) is 36.1 Å². The lowest BCUT2D eigenvalue weighted by Crippen LogP contribution is -2.12. The minimum absolute atomic E-state index is 0.237. The van der Waals surface area contributed by atoms with Crippen molar-refractivity contribution in [2.75, 3.05) is 5.32 Å². The summed E-state index contributed by atoms with van der Waals surface area (Å²) in [5, 5.41) is 26.2. The van der Waals surface area contributed by atoms with Crippen molar-refractivity contribution in [3.63, 3.8) is 0 Å². The normalized spacial score (nSPS) is 10.9. The first kappa shape index (κ1) is 16.7. The van der Waals surface area contributed by atoms with Crippen LogP contribution in [0.1, 0.15) is 10.4 Å². The Kier molecular flexibility index (Phi) is 3.98. The van der Waals surface area contributed by atoms with Crippen molar-refractivity contribution in [1.82, 2.24) is 40.0 Å². The van der Waals surface area contributed by atoms with E-state index in [4.69, 9.17) is 0 Å². The van der Waals surface area contributed by atoms with Gasteiger partial charge in [0.25, 0.3) is 5.91 Å². The second kappa shape index (κ2) is 6.93. The quantitative estimate of drug-likeness (QED) is 0.505. The molecule has 0 aliphatic carbocycles. The number of aromatic nitrogens is 8. The Balaban J connectivity index is 1.40. The first-order chi connectivity index (χ1) is 14.3. The van der Waals surface area contributed by atoms with Crippen LogP contribution in [-0.4, -0.2) is 45.9 Å². The maximum absolute atomic E-state index is 12.7. The molecule has 0 saturated heterocycles. The summed E-state index contributed by atoms with van der Waals surface area (Å²) in [7, 11) is 0. The van der Waals surface area contributed by atoms with Crippen molar-refractivity contribution in [2.24, 2.45) is 0 Å². The molecule has 1 N–H and O–H groups in total. The predicted octanol–water partition coefficient (Wildman–Crippen LogP) is 2.02. The average molecular weight is 383 g/mol. The molecular formula is C19H13N9O. The van der Waals surface area contributed by atoms with Crippen LogP contribution in [0.3, 0.4) is 0 Å². The topological polar surface area (TPSA) is 116 Å². The molecule has 0 spiro atoms. The van der Waals surface area contributed by atoms with E-state index < -0.39 is 0 Å². The van der Waals surface area contributed by atoms with Gasteiger partial charge in [-0.1, -0.05) is 18.2 Å². The molecule has 0 aliphatic rings. The minimum Gasteiger partial charge on any atom is -0.322 e. The number of tetrazole rings is 1. The van der Waals surface area contributed by atoms with E-state index in [0.717, 1.165) is 11.3 Å². The van der Waals surface area contributed by atoms with Crippen molar-refractivity contribution in [2.45, 2.75) is 0 Å². The molecule has 0 saturated carbocycles. The molecule has 140 valence electrons. The van der Waals surface area contributed by atoms with Crippen molar-refractivity contribution in [3.8, 4) is 16.9 Å². The number of rotatable bonds is 4. The zero-order chi connectivity index (χ0) is 19.6. The zero-order valence-corrected chi connectivity index (χ0v) is 14.9. The Morgan fingerprint density at radius 1 is 0.931 bits per heavy atom. The molecule has 0 unspecified atom stereocenters. The molecule has 2 aromatic carbocycles. The number of anilines is 1. The molecule has 10 nitrogen and oxygen atoms in total. The van der Waals surface area contributed by atoms with E-state index in [-0.39, 0.29) is 5.91 Å². The summed E-state index contributed by atoms with van der Waals surface area (Å²) < 4.78 is 3.09. The Morgan fingerprint density at radius 3 is 2.76 bits per heavy atom. The number of nitrogens with zero attached hydrogens (tertiary/aromatic N) is 8. The molecule has 3 aromatic heterocycles. The summed E-state index contributed by atoms with van der Waals surface area (Å²) in [5.74, 6) is -0.237.